The summed E-state index contributed by atoms with van der Waals surface area (Å²) in [5, 5.41) is 15.8. The zero-order valence-electron chi connectivity index (χ0n) is 16.5. The van der Waals surface area contributed by atoms with Crippen LogP contribution >= 0.6 is 39.5 Å². The van der Waals surface area contributed by atoms with Crippen molar-refractivity contribution < 1.29 is 9.59 Å². The highest BCUT2D eigenvalue weighted by Gasteiger charge is 2.29. The first-order valence-electron chi connectivity index (χ1n) is 9.18. The Hall–Kier alpha value is -2.21. The van der Waals surface area contributed by atoms with Gasteiger partial charge in [-0.3, -0.25) is 9.59 Å². The van der Waals surface area contributed by atoms with E-state index in [1.165, 1.54) is 11.8 Å². The maximum atomic E-state index is 12.4. The Morgan fingerprint density at radius 1 is 1.30 bits per heavy atom. The Balaban J connectivity index is 1.75. The summed E-state index contributed by atoms with van der Waals surface area (Å²) < 4.78 is 0.803. The molecule has 0 fully saturated rings. The van der Waals surface area contributed by atoms with E-state index in [2.05, 4.69) is 32.6 Å². The lowest BCUT2D eigenvalue weighted by Crippen LogP contribution is -2.31. The monoisotopic (exact) mass is 501 g/mol. The lowest BCUT2D eigenvalue weighted by atomic mass is 9.87. The molecule has 5 nitrogen and oxygen atoms in total. The van der Waals surface area contributed by atoms with Crippen LogP contribution in [-0.2, 0) is 9.59 Å². The molecule has 1 heterocycles. The Labute approximate surface area is 192 Å². The van der Waals surface area contributed by atoms with E-state index in [1.807, 2.05) is 55.6 Å². The number of hydrogen-bond donors (Lipinski definition) is 2. The number of hydrogen-bond acceptors (Lipinski definition) is 5. The fourth-order valence-corrected chi connectivity index (χ4v) is 4.98. The van der Waals surface area contributed by atoms with Crippen molar-refractivity contribution in [1.82, 2.24) is 5.32 Å². The third-order valence-electron chi connectivity index (χ3n) is 4.62. The van der Waals surface area contributed by atoms with Crippen LogP contribution in [0.15, 0.2) is 62.4 Å². The number of rotatable bonds is 6. The summed E-state index contributed by atoms with van der Waals surface area (Å²) in [5.41, 5.74) is 3.17. The largest absolute Gasteiger partial charge is 0.324 e. The number of thioether (sulfide) groups is 2. The molecule has 1 atom stereocenters. The zero-order valence-corrected chi connectivity index (χ0v) is 19.7. The first kappa shape index (κ1) is 22.5. The molecule has 3 rings (SSSR count). The highest BCUT2D eigenvalue weighted by atomic mass is 79.9. The Kier molecular flexibility index (Phi) is 7.64. The van der Waals surface area contributed by atoms with Crippen molar-refractivity contribution in [2.24, 2.45) is 0 Å². The normalized spacial score (nSPS) is 16.1. The van der Waals surface area contributed by atoms with Gasteiger partial charge in [-0.1, -0.05) is 30.0 Å². The molecule has 0 saturated heterocycles. The van der Waals surface area contributed by atoms with Crippen LogP contribution in [0.4, 0.5) is 5.69 Å². The van der Waals surface area contributed by atoms with Crippen LogP contribution in [-0.4, -0.2) is 23.8 Å². The molecule has 1 aliphatic rings. The average molecular weight is 502 g/mol. The smallest absolute Gasteiger partial charge is 0.234 e. The summed E-state index contributed by atoms with van der Waals surface area (Å²) in [6.07, 6.45) is 2.21. The van der Waals surface area contributed by atoms with Crippen LogP contribution in [0.3, 0.4) is 0 Å². The molecule has 0 spiro atoms. The van der Waals surface area contributed by atoms with Gasteiger partial charge in [0.05, 0.1) is 28.1 Å². The number of carbonyl (C=O) groups excluding carboxylic acids is 2. The molecule has 0 unspecified atom stereocenters. The lowest BCUT2D eigenvalue weighted by molar-refractivity contribution is -0.121. The minimum absolute atomic E-state index is 0.0826. The van der Waals surface area contributed by atoms with Crippen molar-refractivity contribution in [3.8, 4) is 6.07 Å². The molecule has 154 valence electrons. The van der Waals surface area contributed by atoms with E-state index in [4.69, 9.17) is 0 Å². The van der Waals surface area contributed by atoms with Gasteiger partial charge in [-0.15, -0.1) is 11.8 Å². The van der Waals surface area contributed by atoms with Gasteiger partial charge in [0.25, 0.3) is 0 Å². The van der Waals surface area contributed by atoms with Gasteiger partial charge in [0, 0.05) is 21.7 Å². The van der Waals surface area contributed by atoms with Crippen LogP contribution in [0.25, 0.3) is 0 Å². The number of allylic oxidation sites excluding steroid dienone is 1. The Morgan fingerprint density at radius 3 is 2.67 bits per heavy atom. The maximum absolute atomic E-state index is 12.4. The number of nitrogens with one attached hydrogen (secondary N) is 2. The first-order chi connectivity index (χ1) is 14.4. The van der Waals surface area contributed by atoms with Gasteiger partial charge >= 0.3 is 0 Å². The number of anilines is 1. The molecule has 30 heavy (non-hydrogen) atoms. The summed E-state index contributed by atoms with van der Waals surface area (Å²) in [7, 11) is 0. The van der Waals surface area contributed by atoms with E-state index in [9.17, 15) is 14.9 Å². The Bertz CT molecular complexity index is 1050. The van der Waals surface area contributed by atoms with Crippen molar-refractivity contribution in [3.05, 3.63) is 68.7 Å². The first-order valence-corrected chi connectivity index (χ1v) is 12.2. The molecule has 2 aromatic carbocycles. The fourth-order valence-electron chi connectivity index (χ4n) is 3.10. The molecule has 0 bridgehead atoms. The minimum Gasteiger partial charge on any atom is -0.324 e. The maximum Gasteiger partial charge on any atom is 0.234 e. The SMILES string of the molecule is CSc1ccc([C@@H]2CC(=O)NC(SCC(=O)Nc3ccc(C)cc3Br)=C2C#N)cc1. The van der Waals surface area contributed by atoms with Gasteiger partial charge in [0.1, 0.15) is 0 Å². The number of benzene rings is 2. The molecule has 2 N–H and O–H groups in total. The van der Waals surface area contributed by atoms with Crippen LogP contribution in [0.1, 0.15) is 23.5 Å². The van der Waals surface area contributed by atoms with E-state index < -0.39 is 0 Å². The van der Waals surface area contributed by atoms with Crippen LogP contribution in [0, 0.1) is 18.3 Å². The Morgan fingerprint density at radius 2 is 2.03 bits per heavy atom. The molecule has 8 heteroatoms. The molecule has 2 aromatic rings. The number of aryl methyl sites for hydroxylation is 1. The number of carbonyl (C=O) groups is 2. The van der Waals surface area contributed by atoms with Crippen LogP contribution < -0.4 is 10.6 Å². The number of amides is 2. The van der Waals surface area contributed by atoms with E-state index in [-0.39, 0.29) is 29.9 Å². The molecule has 0 aromatic heterocycles. The molecule has 1 aliphatic heterocycles. The second-order valence-electron chi connectivity index (χ2n) is 6.75. The van der Waals surface area contributed by atoms with Crippen molar-refractivity contribution in [1.29, 1.82) is 5.26 Å². The molecular weight excluding hydrogens is 482 g/mol. The van der Waals surface area contributed by atoms with Gasteiger partial charge in [-0.05, 0) is 64.5 Å². The number of nitrogens with zero attached hydrogens (tertiary/aromatic N) is 1. The molecule has 0 aliphatic carbocycles. The second-order valence-corrected chi connectivity index (χ2v) is 9.47. The summed E-state index contributed by atoms with van der Waals surface area (Å²) in [6.45, 7) is 1.97. The highest BCUT2D eigenvalue weighted by molar-refractivity contribution is 9.10. The van der Waals surface area contributed by atoms with E-state index in [0.29, 0.717) is 16.3 Å². The van der Waals surface area contributed by atoms with E-state index in [1.54, 1.807) is 11.8 Å². The predicted octanol–water partition coefficient (Wildman–Crippen LogP) is 5.19. The molecule has 0 saturated carbocycles. The topological polar surface area (TPSA) is 82.0 Å². The summed E-state index contributed by atoms with van der Waals surface area (Å²) in [4.78, 5) is 25.8. The average Bonchev–Trinajstić information content (AvgIpc) is 2.74. The standard InChI is InChI=1S/C22H20BrN3O2S2/c1-13-3-8-19(18(23)9-13)25-21(28)12-30-22-17(11-24)16(10-20(27)26-22)14-4-6-15(29-2)7-5-14/h3-9,16H,10,12H2,1-2H3,(H,25,28)(H,26,27)/t16-/m0/s1. The molecular formula is C22H20BrN3O2S2. The highest BCUT2D eigenvalue weighted by Crippen LogP contribution is 2.36. The fraction of sp³-hybridized carbons (Fsp3) is 0.227. The van der Waals surface area contributed by atoms with Crippen LogP contribution in [0.5, 0.6) is 0 Å². The third kappa shape index (κ3) is 5.48. The molecule has 0 radical (unpaired) electrons. The minimum atomic E-state index is -0.309. The summed E-state index contributed by atoms with van der Waals surface area (Å²) in [5.74, 6) is -0.595. The predicted molar refractivity (Wildman–Crippen MR) is 126 cm³/mol. The summed E-state index contributed by atoms with van der Waals surface area (Å²) in [6, 6.07) is 15.8. The van der Waals surface area contributed by atoms with Gasteiger partial charge < -0.3 is 10.6 Å². The van der Waals surface area contributed by atoms with Crippen LogP contribution in [0.2, 0.25) is 0 Å². The van der Waals surface area contributed by atoms with Gasteiger partial charge in [0.2, 0.25) is 11.8 Å². The van der Waals surface area contributed by atoms with E-state index >= 15 is 0 Å². The van der Waals surface area contributed by atoms with Crippen molar-refractivity contribution in [2.75, 3.05) is 17.3 Å². The number of nitriles is 1. The second kappa shape index (κ2) is 10.2. The van der Waals surface area contributed by atoms with Crippen molar-refractivity contribution in [2.45, 2.75) is 24.2 Å². The van der Waals surface area contributed by atoms with Gasteiger partial charge in [-0.2, -0.15) is 5.26 Å². The summed E-state index contributed by atoms with van der Waals surface area (Å²) >= 11 is 6.25. The zero-order chi connectivity index (χ0) is 21.7. The third-order valence-corrected chi connectivity index (χ3v) is 7.04. The van der Waals surface area contributed by atoms with Gasteiger partial charge in [-0.25, -0.2) is 0 Å². The quantitative estimate of drug-likeness (QED) is 0.532. The van der Waals surface area contributed by atoms with Gasteiger partial charge in [0.15, 0.2) is 0 Å². The number of halogens is 1. The lowest BCUT2D eigenvalue weighted by Gasteiger charge is -2.25. The van der Waals surface area contributed by atoms with Crippen molar-refractivity contribution >= 4 is 57.0 Å². The van der Waals surface area contributed by atoms with Crippen molar-refractivity contribution in [3.63, 3.8) is 0 Å². The van der Waals surface area contributed by atoms with E-state index in [0.717, 1.165) is 20.5 Å². The molecule has 2 amide bonds.